The number of benzene rings is 1. The normalized spacial score (nSPS) is 11.0. The van der Waals surface area contributed by atoms with E-state index in [1.54, 1.807) is 0 Å². The molecule has 0 bridgehead atoms. The second-order valence-corrected chi connectivity index (χ2v) is 4.08. The maximum absolute atomic E-state index is 6.01. The molecule has 0 saturated carbocycles. The monoisotopic (exact) mass is 193 g/mol. The van der Waals surface area contributed by atoms with Crippen LogP contribution in [0.4, 0.5) is 5.69 Å². The van der Waals surface area contributed by atoms with E-state index in [1.807, 2.05) is 32.0 Å². The predicted octanol–water partition coefficient (Wildman–Crippen LogP) is 3.18. The molecule has 1 aromatic rings. The zero-order valence-corrected chi connectivity index (χ0v) is 9.37. The molecular formula is C12H19NO. The van der Waals surface area contributed by atoms with Crippen LogP contribution in [0, 0.1) is 0 Å². The van der Waals surface area contributed by atoms with Crippen LogP contribution in [0.5, 0.6) is 5.75 Å². The highest BCUT2D eigenvalue weighted by molar-refractivity contribution is 5.59. The molecule has 0 amide bonds. The lowest BCUT2D eigenvalue weighted by Gasteiger charge is -2.16. The highest BCUT2D eigenvalue weighted by atomic mass is 16.5. The molecule has 0 radical (unpaired) electrons. The number of rotatable bonds is 3. The van der Waals surface area contributed by atoms with E-state index in [9.17, 15) is 0 Å². The zero-order chi connectivity index (χ0) is 10.7. The van der Waals surface area contributed by atoms with Crippen molar-refractivity contribution in [3.63, 3.8) is 0 Å². The van der Waals surface area contributed by atoms with Crippen molar-refractivity contribution in [2.45, 2.75) is 39.7 Å². The first-order valence-corrected chi connectivity index (χ1v) is 5.07. The molecular weight excluding hydrogens is 174 g/mol. The van der Waals surface area contributed by atoms with Crippen molar-refractivity contribution in [2.24, 2.45) is 0 Å². The largest absolute Gasteiger partial charge is 0.489 e. The summed E-state index contributed by atoms with van der Waals surface area (Å²) in [6.45, 7) is 8.26. The van der Waals surface area contributed by atoms with Crippen LogP contribution in [0.15, 0.2) is 18.2 Å². The fraction of sp³-hybridized carbons (Fsp3) is 0.500. The second kappa shape index (κ2) is 4.36. The predicted molar refractivity (Wildman–Crippen MR) is 60.7 cm³/mol. The van der Waals surface area contributed by atoms with E-state index < -0.39 is 0 Å². The van der Waals surface area contributed by atoms with Crippen molar-refractivity contribution >= 4 is 5.69 Å². The molecule has 0 aliphatic rings. The first kappa shape index (κ1) is 10.9. The van der Waals surface area contributed by atoms with Crippen molar-refractivity contribution in [1.82, 2.24) is 0 Å². The Bertz CT molecular complexity index is 305. The summed E-state index contributed by atoms with van der Waals surface area (Å²) in [5, 5.41) is 0. The van der Waals surface area contributed by atoms with E-state index in [-0.39, 0.29) is 6.10 Å². The lowest BCUT2D eigenvalue weighted by Crippen LogP contribution is -2.08. The maximum Gasteiger partial charge on any atom is 0.142 e. The summed E-state index contributed by atoms with van der Waals surface area (Å²) in [5.74, 6) is 1.23. The molecule has 2 nitrogen and oxygen atoms in total. The van der Waals surface area contributed by atoms with Gasteiger partial charge in [-0.3, -0.25) is 0 Å². The average Bonchev–Trinajstić information content (AvgIpc) is 2.07. The summed E-state index contributed by atoms with van der Waals surface area (Å²) < 4.78 is 5.61. The van der Waals surface area contributed by atoms with E-state index in [0.29, 0.717) is 5.92 Å². The molecule has 0 atom stereocenters. The minimum Gasteiger partial charge on any atom is -0.489 e. The lowest BCUT2D eigenvalue weighted by atomic mass is 10.0. The van der Waals surface area contributed by atoms with Gasteiger partial charge in [0.2, 0.25) is 0 Å². The standard InChI is InChI=1S/C12H19NO/c1-8(2)10-6-5-7-11(12(10)13)14-9(3)4/h5-9H,13H2,1-4H3. The number of anilines is 1. The van der Waals surface area contributed by atoms with Crippen molar-refractivity contribution in [3.05, 3.63) is 23.8 Å². The van der Waals surface area contributed by atoms with E-state index in [4.69, 9.17) is 10.5 Å². The summed E-state index contributed by atoms with van der Waals surface area (Å²) in [4.78, 5) is 0. The molecule has 2 N–H and O–H groups in total. The van der Waals surface area contributed by atoms with Crippen molar-refractivity contribution in [1.29, 1.82) is 0 Å². The molecule has 0 aliphatic heterocycles. The minimum absolute atomic E-state index is 0.166. The second-order valence-electron chi connectivity index (χ2n) is 4.08. The maximum atomic E-state index is 6.01. The van der Waals surface area contributed by atoms with Gasteiger partial charge in [0, 0.05) is 0 Å². The Morgan fingerprint density at radius 2 is 1.79 bits per heavy atom. The third-order valence-corrected chi connectivity index (χ3v) is 2.08. The van der Waals surface area contributed by atoms with Gasteiger partial charge in [0.25, 0.3) is 0 Å². The smallest absolute Gasteiger partial charge is 0.142 e. The van der Waals surface area contributed by atoms with Crippen molar-refractivity contribution < 1.29 is 4.74 Å². The zero-order valence-electron chi connectivity index (χ0n) is 9.37. The lowest BCUT2D eigenvalue weighted by molar-refractivity contribution is 0.243. The van der Waals surface area contributed by atoms with Gasteiger partial charge < -0.3 is 10.5 Å². The van der Waals surface area contributed by atoms with E-state index in [0.717, 1.165) is 17.0 Å². The minimum atomic E-state index is 0.166. The topological polar surface area (TPSA) is 35.2 Å². The Labute approximate surface area is 86.1 Å². The van der Waals surface area contributed by atoms with Gasteiger partial charge in [0.1, 0.15) is 5.75 Å². The first-order valence-electron chi connectivity index (χ1n) is 5.07. The number of nitrogen functional groups attached to an aromatic ring is 1. The summed E-state index contributed by atoms with van der Waals surface area (Å²) in [6, 6.07) is 5.96. The average molecular weight is 193 g/mol. The highest BCUT2D eigenvalue weighted by Crippen LogP contribution is 2.30. The van der Waals surface area contributed by atoms with Gasteiger partial charge in [0.05, 0.1) is 11.8 Å². The summed E-state index contributed by atoms with van der Waals surface area (Å²) >= 11 is 0. The quantitative estimate of drug-likeness (QED) is 0.748. The Hall–Kier alpha value is -1.18. The van der Waals surface area contributed by atoms with Gasteiger partial charge >= 0.3 is 0 Å². The van der Waals surface area contributed by atoms with Gasteiger partial charge in [-0.1, -0.05) is 26.0 Å². The fourth-order valence-corrected chi connectivity index (χ4v) is 1.42. The Morgan fingerprint density at radius 1 is 1.14 bits per heavy atom. The molecule has 1 aromatic carbocycles. The van der Waals surface area contributed by atoms with E-state index in [2.05, 4.69) is 13.8 Å². The third kappa shape index (κ3) is 2.41. The molecule has 14 heavy (non-hydrogen) atoms. The summed E-state index contributed by atoms with van der Waals surface area (Å²) in [7, 11) is 0. The van der Waals surface area contributed by atoms with Gasteiger partial charge in [0.15, 0.2) is 0 Å². The molecule has 0 unspecified atom stereocenters. The number of hydrogen-bond donors (Lipinski definition) is 1. The Morgan fingerprint density at radius 3 is 2.29 bits per heavy atom. The highest BCUT2D eigenvalue weighted by Gasteiger charge is 2.09. The molecule has 1 rings (SSSR count). The van der Waals surface area contributed by atoms with Crippen LogP contribution in [0.1, 0.15) is 39.2 Å². The third-order valence-electron chi connectivity index (χ3n) is 2.08. The van der Waals surface area contributed by atoms with Crippen LogP contribution >= 0.6 is 0 Å². The van der Waals surface area contributed by atoms with Crippen molar-refractivity contribution in [2.75, 3.05) is 5.73 Å². The fourth-order valence-electron chi connectivity index (χ4n) is 1.42. The molecule has 0 heterocycles. The molecule has 0 fully saturated rings. The Kier molecular flexibility index (Phi) is 3.39. The van der Waals surface area contributed by atoms with Gasteiger partial charge in [-0.15, -0.1) is 0 Å². The van der Waals surface area contributed by atoms with Crippen LogP contribution in [-0.2, 0) is 0 Å². The van der Waals surface area contributed by atoms with Crippen LogP contribution in [0.25, 0.3) is 0 Å². The number of hydrogen-bond acceptors (Lipinski definition) is 2. The van der Waals surface area contributed by atoms with Gasteiger partial charge in [-0.05, 0) is 31.4 Å². The van der Waals surface area contributed by atoms with Crippen LogP contribution in [-0.4, -0.2) is 6.10 Å². The molecule has 78 valence electrons. The van der Waals surface area contributed by atoms with Gasteiger partial charge in [-0.25, -0.2) is 0 Å². The number of nitrogens with two attached hydrogens (primary N) is 1. The summed E-state index contributed by atoms with van der Waals surface area (Å²) in [6.07, 6.45) is 0.166. The van der Waals surface area contributed by atoms with E-state index >= 15 is 0 Å². The molecule has 0 aliphatic carbocycles. The number of ether oxygens (including phenoxy) is 1. The Balaban J connectivity index is 3.01. The first-order chi connectivity index (χ1) is 6.52. The molecule has 2 heteroatoms. The molecule has 0 saturated heterocycles. The van der Waals surface area contributed by atoms with Crippen LogP contribution in [0.3, 0.4) is 0 Å². The molecule has 0 aromatic heterocycles. The van der Waals surface area contributed by atoms with Crippen LogP contribution < -0.4 is 10.5 Å². The number of para-hydroxylation sites is 1. The van der Waals surface area contributed by atoms with Crippen LogP contribution in [0.2, 0.25) is 0 Å². The van der Waals surface area contributed by atoms with Gasteiger partial charge in [-0.2, -0.15) is 0 Å². The molecule has 0 spiro atoms. The van der Waals surface area contributed by atoms with Crippen molar-refractivity contribution in [3.8, 4) is 5.75 Å². The van der Waals surface area contributed by atoms with E-state index in [1.165, 1.54) is 0 Å². The summed E-state index contributed by atoms with van der Waals surface area (Å²) in [5.41, 5.74) is 7.94. The SMILES string of the molecule is CC(C)Oc1cccc(C(C)C)c1N.